The highest BCUT2D eigenvalue weighted by Crippen LogP contribution is 2.23. The third-order valence-corrected chi connectivity index (χ3v) is 3.51. The van der Waals surface area contributed by atoms with Gasteiger partial charge in [0.15, 0.2) is 0 Å². The van der Waals surface area contributed by atoms with Crippen LogP contribution in [0.25, 0.3) is 0 Å². The Kier molecular flexibility index (Phi) is 5.64. The molecule has 20 heavy (non-hydrogen) atoms. The van der Waals surface area contributed by atoms with Gasteiger partial charge in [0, 0.05) is 10.1 Å². The van der Waals surface area contributed by atoms with Crippen molar-refractivity contribution in [2.45, 2.75) is 32.9 Å². The minimum Gasteiger partial charge on any atom is -0.478 e. The van der Waals surface area contributed by atoms with Gasteiger partial charge in [0.2, 0.25) is 0 Å². The van der Waals surface area contributed by atoms with Crippen LogP contribution in [-0.4, -0.2) is 22.8 Å². The van der Waals surface area contributed by atoms with Crippen molar-refractivity contribution in [1.82, 2.24) is 5.32 Å². The summed E-state index contributed by atoms with van der Waals surface area (Å²) in [5.41, 5.74) is 0.200. The molecule has 5 nitrogen and oxygen atoms in total. The number of rotatable bonds is 3. The number of nitrogens with one attached hydrogen (secondary N) is 1. The molecule has 2 N–H and O–H groups in total. The molecule has 1 rings (SSSR count). The summed E-state index contributed by atoms with van der Waals surface area (Å²) in [4.78, 5) is 22.5. The first-order valence-corrected chi connectivity index (χ1v) is 7.24. The molecule has 1 amide bonds. The lowest BCUT2D eigenvalue weighted by atomic mass is 10.1. The number of carboxylic acids is 1. The first-order chi connectivity index (χ1) is 9.10. The predicted molar refractivity (Wildman–Crippen MR) is 84.2 cm³/mol. The van der Waals surface area contributed by atoms with Crippen LogP contribution in [0.5, 0.6) is 0 Å². The summed E-state index contributed by atoms with van der Waals surface area (Å²) in [6.07, 6.45) is -0.535. The van der Waals surface area contributed by atoms with Crippen molar-refractivity contribution in [3.05, 3.63) is 31.9 Å². The number of hydrogen-bond donors (Lipinski definition) is 2. The maximum absolute atomic E-state index is 11.5. The van der Waals surface area contributed by atoms with Crippen molar-refractivity contribution >= 4 is 46.3 Å². The molecular weight excluding hydrogens is 397 g/mol. The van der Waals surface area contributed by atoms with Gasteiger partial charge in [-0.3, -0.25) is 0 Å². The molecule has 1 aromatic carbocycles. The van der Waals surface area contributed by atoms with Gasteiger partial charge < -0.3 is 15.2 Å². The Morgan fingerprint density at radius 1 is 1.40 bits per heavy atom. The van der Waals surface area contributed by atoms with Crippen LogP contribution in [0.4, 0.5) is 4.79 Å². The average Bonchev–Trinajstić information content (AvgIpc) is 2.27. The van der Waals surface area contributed by atoms with Crippen molar-refractivity contribution in [2.24, 2.45) is 0 Å². The first-order valence-electron chi connectivity index (χ1n) is 5.78. The van der Waals surface area contributed by atoms with Gasteiger partial charge in [-0.15, -0.1) is 0 Å². The van der Waals surface area contributed by atoms with Crippen molar-refractivity contribution in [3.63, 3.8) is 0 Å². The predicted octanol–water partition coefficient (Wildman–Crippen LogP) is 3.67. The molecule has 1 aromatic rings. The zero-order valence-electron chi connectivity index (χ0n) is 11.3. The van der Waals surface area contributed by atoms with Crippen LogP contribution >= 0.6 is 34.2 Å². The van der Waals surface area contributed by atoms with E-state index in [1.54, 1.807) is 20.8 Å². The van der Waals surface area contributed by atoms with Crippen LogP contribution in [0.1, 0.15) is 36.7 Å². The number of benzene rings is 1. The molecule has 7 heteroatoms. The minimum absolute atomic E-state index is 0.0390. The Morgan fingerprint density at radius 2 is 2.00 bits per heavy atom. The summed E-state index contributed by atoms with van der Waals surface area (Å²) in [6, 6.07) is 3.00. The summed E-state index contributed by atoms with van der Waals surface area (Å²) < 4.78 is 5.82. The third kappa shape index (κ3) is 5.16. The highest BCUT2D eigenvalue weighted by atomic mass is 127. The molecule has 0 bridgehead atoms. The van der Waals surface area contributed by atoms with E-state index in [0.717, 1.165) is 5.56 Å². The molecule has 0 saturated carbocycles. The molecule has 0 atom stereocenters. The molecule has 0 aromatic heterocycles. The third-order valence-electron chi connectivity index (χ3n) is 2.19. The van der Waals surface area contributed by atoms with Gasteiger partial charge in [-0.25, -0.2) is 9.59 Å². The van der Waals surface area contributed by atoms with Gasteiger partial charge in [0.25, 0.3) is 0 Å². The summed E-state index contributed by atoms with van der Waals surface area (Å²) in [6.45, 7) is 5.53. The highest BCUT2D eigenvalue weighted by molar-refractivity contribution is 14.1. The van der Waals surface area contributed by atoms with Crippen LogP contribution in [0, 0.1) is 3.57 Å². The zero-order valence-corrected chi connectivity index (χ0v) is 14.2. The van der Waals surface area contributed by atoms with Crippen molar-refractivity contribution in [1.29, 1.82) is 0 Å². The largest absolute Gasteiger partial charge is 0.478 e. The van der Waals surface area contributed by atoms with E-state index in [-0.39, 0.29) is 17.1 Å². The van der Waals surface area contributed by atoms with E-state index in [1.165, 1.54) is 12.1 Å². The number of alkyl carbamates (subject to hydrolysis) is 1. The van der Waals surface area contributed by atoms with Crippen LogP contribution in [0.3, 0.4) is 0 Å². The maximum atomic E-state index is 11.5. The van der Waals surface area contributed by atoms with E-state index in [9.17, 15) is 9.59 Å². The van der Waals surface area contributed by atoms with E-state index in [2.05, 4.69) is 5.32 Å². The van der Waals surface area contributed by atoms with E-state index in [4.69, 9.17) is 21.4 Å². The molecule has 0 aliphatic carbocycles. The molecule has 0 radical (unpaired) electrons. The molecule has 0 saturated heterocycles. The van der Waals surface area contributed by atoms with Gasteiger partial charge in [0.05, 0.1) is 10.6 Å². The lowest BCUT2D eigenvalue weighted by Crippen LogP contribution is -2.32. The topological polar surface area (TPSA) is 75.6 Å². The summed E-state index contributed by atoms with van der Waals surface area (Å²) >= 11 is 7.89. The number of carbonyl (C=O) groups excluding carboxylic acids is 1. The molecule has 0 spiro atoms. The van der Waals surface area contributed by atoms with Crippen molar-refractivity contribution in [3.8, 4) is 0 Å². The summed E-state index contributed by atoms with van der Waals surface area (Å²) in [5.74, 6) is -1.08. The van der Waals surface area contributed by atoms with Crippen LogP contribution < -0.4 is 5.32 Å². The number of carbonyl (C=O) groups is 2. The lowest BCUT2D eigenvalue weighted by molar-refractivity contribution is 0.0522. The molecule has 0 aliphatic heterocycles. The Morgan fingerprint density at radius 3 is 2.50 bits per heavy atom. The smallest absolute Gasteiger partial charge is 0.407 e. The fraction of sp³-hybridized carbons (Fsp3) is 0.385. The number of hydrogen-bond acceptors (Lipinski definition) is 3. The zero-order chi connectivity index (χ0) is 15.5. The Bertz CT molecular complexity index is 540. The Labute approximate surface area is 135 Å². The number of aromatic carboxylic acids is 1. The van der Waals surface area contributed by atoms with Crippen LogP contribution in [-0.2, 0) is 11.3 Å². The van der Waals surface area contributed by atoms with E-state index in [0.29, 0.717) is 3.57 Å². The fourth-order valence-electron chi connectivity index (χ4n) is 1.37. The van der Waals surface area contributed by atoms with Gasteiger partial charge >= 0.3 is 12.1 Å². The molecule has 0 fully saturated rings. The summed E-state index contributed by atoms with van der Waals surface area (Å²) in [5, 5.41) is 11.7. The van der Waals surface area contributed by atoms with Crippen molar-refractivity contribution < 1.29 is 19.4 Å². The average molecular weight is 412 g/mol. The monoisotopic (exact) mass is 411 g/mol. The first kappa shape index (κ1) is 17.0. The van der Waals surface area contributed by atoms with Gasteiger partial charge in [0.1, 0.15) is 5.60 Å². The second-order valence-corrected chi connectivity index (χ2v) is 6.65. The van der Waals surface area contributed by atoms with E-state index in [1.807, 2.05) is 22.6 Å². The number of halogens is 2. The Balaban J connectivity index is 2.77. The normalized spacial score (nSPS) is 11.1. The maximum Gasteiger partial charge on any atom is 0.407 e. The highest BCUT2D eigenvalue weighted by Gasteiger charge is 2.17. The fourth-order valence-corrected chi connectivity index (χ4v) is 2.29. The quantitative estimate of drug-likeness (QED) is 0.744. The SMILES string of the molecule is CC(C)(C)OC(=O)NCc1cc(Cl)c(C(=O)O)cc1I. The second-order valence-electron chi connectivity index (χ2n) is 5.08. The number of amides is 1. The second kappa shape index (κ2) is 6.62. The van der Waals surface area contributed by atoms with Gasteiger partial charge in [-0.05, 0) is 61.1 Å². The lowest BCUT2D eigenvalue weighted by Gasteiger charge is -2.20. The number of ether oxygens (including phenoxy) is 1. The molecular formula is C13H15ClINO4. The molecule has 0 unspecified atom stereocenters. The van der Waals surface area contributed by atoms with E-state index >= 15 is 0 Å². The van der Waals surface area contributed by atoms with E-state index < -0.39 is 17.7 Å². The molecule has 110 valence electrons. The standard InChI is InChI=1S/C13H15ClINO4/c1-13(2,3)20-12(19)16-6-7-4-9(14)8(11(17)18)5-10(7)15/h4-5H,6H2,1-3H3,(H,16,19)(H,17,18). The summed E-state index contributed by atoms with van der Waals surface area (Å²) in [7, 11) is 0. The number of carboxylic acid groups (broad SMARTS) is 1. The van der Waals surface area contributed by atoms with Crippen molar-refractivity contribution in [2.75, 3.05) is 0 Å². The van der Waals surface area contributed by atoms with Crippen LogP contribution in [0.2, 0.25) is 5.02 Å². The van der Waals surface area contributed by atoms with Gasteiger partial charge in [-0.2, -0.15) is 0 Å². The Hall–Kier alpha value is -1.02. The van der Waals surface area contributed by atoms with Gasteiger partial charge in [-0.1, -0.05) is 11.6 Å². The minimum atomic E-state index is -1.08. The van der Waals surface area contributed by atoms with Crippen LogP contribution in [0.15, 0.2) is 12.1 Å². The molecule has 0 aliphatic rings. The molecule has 0 heterocycles.